The number of amidine groups is 1. The molecule has 0 saturated heterocycles. The monoisotopic (exact) mass is 276 g/mol. The van der Waals surface area contributed by atoms with Gasteiger partial charge in [0.15, 0.2) is 5.82 Å². The van der Waals surface area contributed by atoms with Crippen LogP contribution < -0.4 is 4.90 Å². The number of rotatable bonds is 1. The van der Waals surface area contributed by atoms with Gasteiger partial charge in [-0.1, -0.05) is 12.1 Å². The summed E-state index contributed by atoms with van der Waals surface area (Å²) in [6.07, 6.45) is 0. The molecule has 2 nitrogen and oxygen atoms in total. The zero-order valence-corrected chi connectivity index (χ0v) is 10.7. The van der Waals surface area contributed by atoms with Crippen LogP contribution >= 0.6 is 0 Å². The van der Waals surface area contributed by atoms with Gasteiger partial charge in [0.05, 0.1) is 6.54 Å². The van der Waals surface area contributed by atoms with E-state index in [-0.39, 0.29) is 18.1 Å². The fraction of sp³-hybridized carbons (Fsp3) is 0.133. The lowest BCUT2D eigenvalue weighted by Gasteiger charge is -2.20. The van der Waals surface area contributed by atoms with Gasteiger partial charge in [0.25, 0.3) is 0 Å². The molecule has 0 aromatic heterocycles. The maximum absolute atomic E-state index is 14.1. The minimum absolute atomic E-state index is 0.0945. The molecule has 0 atom stereocenters. The molecular weight excluding hydrogens is 265 g/mol. The van der Waals surface area contributed by atoms with Crippen LogP contribution in [0.1, 0.15) is 16.7 Å². The second kappa shape index (κ2) is 4.37. The highest BCUT2D eigenvalue weighted by atomic mass is 19.1. The topological polar surface area (TPSA) is 27.1 Å². The summed E-state index contributed by atoms with van der Waals surface area (Å²) in [5.74, 6) is -1.99. The fourth-order valence-electron chi connectivity index (χ4n) is 2.38. The standard InChI is InChI=1S/C15H11F3N2/c1-8-2-5-12(17)14(13(8)18)20-7-9-3-4-10(16)6-11(9)15(20)19/h2-6,19H,7H2,1H3. The third-order valence-corrected chi connectivity index (χ3v) is 3.46. The lowest BCUT2D eigenvalue weighted by molar-refractivity contribution is 0.576. The number of hydrogen-bond acceptors (Lipinski definition) is 1. The maximum Gasteiger partial charge on any atom is 0.152 e. The van der Waals surface area contributed by atoms with Gasteiger partial charge < -0.3 is 4.90 Å². The first-order chi connectivity index (χ1) is 9.49. The van der Waals surface area contributed by atoms with Crippen molar-refractivity contribution in [2.24, 2.45) is 0 Å². The second-order valence-corrected chi connectivity index (χ2v) is 4.76. The lowest BCUT2D eigenvalue weighted by atomic mass is 10.1. The summed E-state index contributed by atoms with van der Waals surface area (Å²) in [5, 5.41) is 8.01. The average Bonchev–Trinajstić information content (AvgIpc) is 2.72. The summed E-state index contributed by atoms with van der Waals surface area (Å²) in [6.45, 7) is 1.69. The van der Waals surface area contributed by atoms with Crippen molar-refractivity contribution in [2.75, 3.05) is 4.90 Å². The number of benzene rings is 2. The highest BCUT2D eigenvalue weighted by Crippen LogP contribution is 2.33. The van der Waals surface area contributed by atoms with Gasteiger partial charge in [0.2, 0.25) is 0 Å². The zero-order valence-electron chi connectivity index (χ0n) is 10.7. The van der Waals surface area contributed by atoms with E-state index < -0.39 is 17.5 Å². The summed E-state index contributed by atoms with van der Waals surface area (Å²) in [7, 11) is 0. The Kier molecular flexibility index (Phi) is 2.78. The van der Waals surface area contributed by atoms with Crippen molar-refractivity contribution < 1.29 is 13.2 Å². The van der Waals surface area contributed by atoms with Gasteiger partial charge in [-0.25, -0.2) is 13.2 Å². The third-order valence-electron chi connectivity index (χ3n) is 3.46. The summed E-state index contributed by atoms with van der Waals surface area (Å²) >= 11 is 0. The molecule has 1 aliphatic rings. The van der Waals surface area contributed by atoms with E-state index in [0.717, 1.165) is 0 Å². The molecular formula is C15H11F3N2. The van der Waals surface area contributed by atoms with Crippen molar-refractivity contribution in [1.82, 2.24) is 0 Å². The fourth-order valence-corrected chi connectivity index (χ4v) is 2.38. The van der Waals surface area contributed by atoms with Crippen LogP contribution in [0, 0.1) is 29.8 Å². The molecule has 5 heteroatoms. The molecule has 1 N–H and O–H groups in total. The molecule has 2 aromatic carbocycles. The Balaban J connectivity index is 2.12. The molecule has 102 valence electrons. The molecule has 1 aliphatic heterocycles. The van der Waals surface area contributed by atoms with Crippen LogP contribution in [-0.2, 0) is 6.54 Å². The molecule has 20 heavy (non-hydrogen) atoms. The Labute approximate surface area is 114 Å². The summed E-state index contributed by atoms with van der Waals surface area (Å²) in [5.41, 5.74) is 1.09. The van der Waals surface area contributed by atoms with E-state index in [1.807, 2.05) is 0 Å². The van der Waals surface area contributed by atoms with Crippen molar-refractivity contribution in [1.29, 1.82) is 5.41 Å². The largest absolute Gasteiger partial charge is 0.317 e. The highest BCUT2D eigenvalue weighted by molar-refractivity contribution is 6.11. The van der Waals surface area contributed by atoms with E-state index in [9.17, 15) is 13.2 Å². The quantitative estimate of drug-likeness (QED) is 0.843. The van der Waals surface area contributed by atoms with Crippen molar-refractivity contribution >= 4 is 11.5 Å². The highest BCUT2D eigenvalue weighted by Gasteiger charge is 2.30. The van der Waals surface area contributed by atoms with E-state index in [1.54, 1.807) is 0 Å². The molecule has 0 radical (unpaired) electrons. The van der Waals surface area contributed by atoms with E-state index in [2.05, 4.69) is 0 Å². The van der Waals surface area contributed by atoms with Crippen LogP contribution in [0.25, 0.3) is 0 Å². The number of nitrogens with one attached hydrogen (secondary N) is 1. The smallest absolute Gasteiger partial charge is 0.152 e. The SMILES string of the molecule is Cc1ccc(F)c(N2Cc3ccc(F)cc3C2=N)c1F. The van der Waals surface area contributed by atoms with Crippen LogP contribution in [0.15, 0.2) is 30.3 Å². The van der Waals surface area contributed by atoms with Gasteiger partial charge in [0.1, 0.15) is 23.2 Å². The second-order valence-electron chi connectivity index (χ2n) is 4.76. The Morgan fingerprint density at radius 3 is 2.60 bits per heavy atom. The van der Waals surface area contributed by atoms with Crippen LogP contribution in [0.3, 0.4) is 0 Å². The van der Waals surface area contributed by atoms with Gasteiger partial charge in [-0.3, -0.25) is 5.41 Å². The third kappa shape index (κ3) is 1.78. The molecule has 0 amide bonds. The van der Waals surface area contributed by atoms with Crippen LogP contribution in [0.5, 0.6) is 0 Å². The summed E-state index contributed by atoms with van der Waals surface area (Å²) in [6, 6.07) is 6.54. The predicted octanol–water partition coefficient (Wildman–Crippen LogP) is 3.76. The average molecular weight is 276 g/mol. The molecule has 0 saturated carbocycles. The van der Waals surface area contributed by atoms with Gasteiger partial charge in [0, 0.05) is 5.56 Å². The number of fused-ring (bicyclic) bond motifs is 1. The minimum Gasteiger partial charge on any atom is -0.317 e. The Morgan fingerprint density at radius 1 is 1.10 bits per heavy atom. The van der Waals surface area contributed by atoms with Crippen molar-refractivity contribution in [3.05, 3.63) is 64.5 Å². The number of nitrogens with zero attached hydrogens (tertiary/aromatic N) is 1. The van der Waals surface area contributed by atoms with Crippen molar-refractivity contribution in [3.8, 4) is 0 Å². The van der Waals surface area contributed by atoms with Gasteiger partial charge >= 0.3 is 0 Å². The van der Waals surface area contributed by atoms with E-state index in [4.69, 9.17) is 5.41 Å². The number of aryl methyl sites for hydroxylation is 1. The minimum atomic E-state index is -0.730. The first-order valence-electron chi connectivity index (χ1n) is 6.08. The molecule has 0 unspecified atom stereocenters. The van der Waals surface area contributed by atoms with Crippen LogP contribution in [0.2, 0.25) is 0 Å². The van der Waals surface area contributed by atoms with Crippen LogP contribution in [-0.4, -0.2) is 5.84 Å². The molecule has 0 fully saturated rings. The molecule has 0 bridgehead atoms. The Bertz CT molecular complexity index is 725. The van der Waals surface area contributed by atoms with Gasteiger partial charge in [-0.05, 0) is 36.2 Å². The van der Waals surface area contributed by atoms with Gasteiger partial charge in [-0.2, -0.15) is 0 Å². The van der Waals surface area contributed by atoms with E-state index in [1.165, 1.54) is 42.2 Å². The van der Waals surface area contributed by atoms with E-state index in [0.29, 0.717) is 16.7 Å². The molecule has 2 aromatic rings. The zero-order chi connectivity index (χ0) is 14.4. The lowest BCUT2D eigenvalue weighted by Crippen LogP contribution is -2.25. The molecule has 0 spiro atoms. The molecule has 0 aliphatic carbocycles. The Hall–Kier alpha value is -2.30. The first-order valence-corrected chi connectivity index (χ1v) is 6.08. The van der Waals surface area contributed by atoms with Crippen molar-refractivity contribution in [2.45, 2.75) is 13.5 Å². The first kappa shape index (κ1) is 12.7. The van der Waals surface area contributed by atoms with Crippen LogP contribution in [0.4, 0.5) is 18.9 Å². The predicted molar refractivity (Wildman–Crippen MR) is 70.5 cm³/mol. The Morgan fingerprint density at radius 2 is 1.85 bits per heavy atom. The molecule has 1 heterocycles. The molecule has 3 rings (SSSR count). The van der Waals surface area contributed by atoms with Crippen molar-refractivity contribution in [3.63, 3.8) is 0 Å². The summed E-state index contributed by atoms with van der Waals surface area (Å²) in [4.78, 5) is 1.22. The number of anilines is 1. The number of halogens is 3. The van der Waals surface area contributed by atoms with E-state index >= 15 is 0 Å². The maximum atomic E-state index is 14.1. The normalized spacial score (nSPS) is 13.8. The number of hydrogen-bond donors (Lipinski definition) is 1. The van der Waals surface area contributed by atoms with Gasteiger partial charge in [-0.15, -0.1) is 0 Å². The summed E-state index contributed by atoms with van der Waals surface area (Å²) < 4.78 is 41.3.